The van der Waals surface area contributed by atoms with Crippen LogP contribution in [0.25, 0.3) is 10.9 Å². The van der Waals surface area contributed by atoms with Gasteiger partial charge in [-0.3, -0.25) is 0 Å². The number of nitrogens with two attached hydrogens (primary N) is 1. The Morgan fingerprint density at radius 2 is 2.04 bits per heavy atom. The lowest BCUT2D eigenvalue weighted by atomic mass is 10.2. The van der Waals surface area contributed by atoms with Crippen molar-refractivity contribution in [3.8, 4) is 5.88 Å². The van der Waals surface area contributed by atoms with Gasteiger partial charge in [-0.05, 0) is 18.6 Å². The lowest BCUT2D eigenvalue weighted by molar-refractivity contribution is 0.0525. The van der Waals surface area contributed by atoms with Gasteiger partial charge in [0.1, 0.15) is 11.4 Å². The number of esters is 1. The van der Waals surface area contributed by atoms with Gasteiger partial charge in [0.2, 0.25) is 5.88 Å². The number of aromatic nitrogens is 2. The molecule has 1 aromatic carbocycles. The maximum atomic E-state index is 12.2. The molecule has 0 atom stereocenters. The molecule has 0 bridgehead atoms. The van der Waals surface area contributed by atoms with Gasteiger partial charge in [-0.1, -0.05) is 30.3 Å². The van der Waals surface area contributed by atoms with Crippen LogP contribution in [0.3, 0.4) is 0 Å². The molecule has 6 heteroatoms. The van der Waals surface area contributed by atoms with Crippen LogP contribution in [-0.4, -0.2) is 27.2 Å². The SMILES string of the molecule is CCOC(=O)c1c(O)n(Cc2ccccc2)c2c(N)nccc12. The molecule has 0 spiro atoms. The maximum absolute atomic E-state index is 12.2. The highest BCUT2D eigenvalue weighted by atomic mass is 16.5. The highest BCUT2D eigenvalue weighted by Gasteiger charge is 2.25. The topological polar surface area (TPSA) is 90.4 Å². The van der Waals surface area contributed by atoms with Crippen molar-refractivity contribution in [3.05, 3.63) is 53.7 Å². The second-order valence-electron chi connectivity index (χ2n) is 5.08. The highest BCUT2D eigenvalue weighted by Crippen LogP contribution is 2.34. The van der Waals surface area contributed by atoms with E-state index >= 15 is 0 Å². The molecular weight excluding hydrogens is 294 g/mol. The number of rotatable bonds is 4. The molecule has 3 aromatic rings. The summed E-state index contributed by atoms with van der Waals surface area (Å²) in [4.78, 5) is 16.3. The van der Waals surface area contributed by atoms with Gasteiger partial charge in [0.05, 0.1) is 18.7 Å². The number of nitrogens with zero attached hydrogens (tertiary/aromatic N) is 2. The minimum Gasteiger partial charge on any atom is -0.494 e. The standard InChI is InChI=1S/C17H17N3O3/c1-2-23-17(22)13-12-8-9-19-15(18)14(12)20(16(13)21)10-11-6-4-3-5-7-11/h3-9,21H,2,10H2,1H3,(H2,18,19). The van der Waals surface area contributed by atoms with Crippen molar-refractivity contribution < 1.29 is 14.6 Å². The first-order valence-electron chi connectivity index (χ1n) is 7.30. The summed E-state index contributed by atoms with van der Waals surface area (Å²) in [6, 6.07) is 11.2. The smallest absolute Gasteiger partial charge is 0.344 e. The van der Waals surface area contributed by atoms with E-state index in [1.807, 2.05) is 30.3 Å². The van der Waals surface area contributed by atoms with E-state index in [4.69, 9.17) is 10.5 Å². The summed E-state index contributed by atoms with van der Waals surface area (Å²) in [7, 11) is 0. The number of carbonyl (C=O) groups is 1. The first-order valence-corrected chi connectivity index (χ1v) is 7.30. The predicted molar refractivity (Wildman–Crippen MR) is 87.3 cm³/mol. The zero-order valence-corrected chi connectivity index (χ0v) is 12.7. The van der Waals surface area contributed by atoms with Crippen LogP contribution in [0.15, 0.2) is 42.6 Å². The molecule has 2 heterocycles. The zero-order chi connectivity index (χ0) is 16.4. The molecule has 0 aliphatic rings. The van der Waals surface area contributed by atoms with E-state index in [0.29, 0.717) is 17.4 Å². The number of hydrogen-bond donors (Lipinski definition) is 2. The number of hydrogen-bond acceptors (Lipinski definition) is 5. The minimum absolute atomic E-state index is 0.117. The number of ether oxygens (including phenoxy) is 1. The molecule has 118 valence electrons. The monoisotopic (exact) mass is 311 g/mol. The molecule has 0 radical (unpaired) electrons. The van der Waals surface area contributed by atoms with Gasteiger partial charge in [-0.2, -0.15) is 0 Å². The van der Waals surface area contributed by atoms with E-state index < -0.39 is 5.97 Å². The first kappa shape index (κ1) is 14.9. The van der Waals surface area contributed by atoms with E-state index in [1.54, 1.807) is 17.6 Å². The van der Waals surface area contributed by atoms with Gasteiger partial charge in [0, 0.05) is 11.6 Å². The van der Waals surface area contributed by atoms with E-state index in [-0.39, 0.29) is 23.9 Å². The number of carbonyl (C=O) groups excluding carboxylic acids is 1. The lowest BCUT2D eigenvalue weighted by Crippen LogP contribution is -2.05. The van der Waals surface area contributed by atoms with Crippen molar-refractivity contribution in [1.29, 1.82) is 0 Å². The van der Waals surface area contributed by atoms with E-state index in [0.717, 1.165) is 5.56 Å². The van der Waals surface area contributed by atoms with Crippen molar-refractivity contribution >= 4 is 22.7 Å². The van der Waals surface area contributed by atoms with Gasteiger partial charge in [0.25, 0.3) is 0 Å². The van der Waals surface area contributed by atoms with Crippen LogP contribution in [0.2, 0.25) is 0 Å². The van der Waals surface area contributed by atoms with Gasteiger partial charge < -0.3 is 20.1 Å². The second-order valence-corrected chi connectivity index (χ2v) is 5.08. The molecule has 0 fully saturated rings. The average molecular weight is 311 g/mol. The third kappa shape index (κ3) is 2.59. The van der Waals surface area contributed by atoms with E-state index in [2.05, 4.69) is 4.98 Å². The Bertz CT molecular complexity index is 856. The summed E-state index contributed by atoms with van der Waals surface area (Å²) in [6.07, 6.45) is 1.51. The quantitative estimate of drug-likeness (QED) is 0.723. The van der Waals surface area contributed by atoms with Crippen LogP contribution in [0, 0.1) is 0 Å². The van der Waals surface area contributed by atoms with Gasteiger partial charge in [-0.15, -0.1) is 0 Å². The number of anilines is 1. The van der Waals surface area contributed by atoms with Crippen LogP contribution in [0.1, 0.15) is 22.8 Å². The number of benzene rings is 1. The van der Waals surface area contributed by atoms with E-state index in [9.17, 15) is 9.90 Å². The average Bonchev–Trinajstić information content (AvgIpc) is 2.82. The fourth-order valence-corrected chi connectivity index (χ4v) is 2.64. The van der Waals surface area contributed by atoms with Crippen LogP contribution < -0.4 is 5.73 Å². The Morgan fingerprint density at radius 3 is 2.74 bits per heavy atom. The molecule has 0 saturated heterocycles. The summed E-state index contributed by atoms with van der Waals surface area (Å²) in [5.41, 5.74) is 7.58. The van der Waals surface area contributed by atoms with Crippen molar-refractivity contribution in [3.63, 3.8) is 0 Å². The normalized spacial score (nSPS) is 10.8. The predicted octanol–water partition coefficient (Wildman–Crippen LogP) is 2.55. The number of fused-ring (bicyclic) bond motifs is 1. The second kappa shape index (κ2) is 6.00. The van der Waals surface area contributed by atoms with Gasteiger partial charge >= 0.3 is 5.97 Å². The largest absolute Gasteiger partial charge is 0.494 e. The minimum atomic E-state index is -0.576. The molecule has 6 nitrogen and oxygen atoms in total. The van der Waals surface area contributed by atoms with Crippen molar-refractivity contribution in [2.45, 2.75) is 13.5 Å². The molecule has 3 rings (SSSR count). The van der Waals surface area contributed by atoms with Crippen molar-refractivity contribution in [2.24, 2.45) is 0 Å². The number of aromatic hydroxyl groups is 1. The summed E-state index contributed by atoms with van der Waals surface area (Å²) in [6.45, 7) is 2.32. The molecule has 2 aromatic heterocycles. The van der Waals surface area contributed by atoms with E-state index in [1.165, 1.54) is 6.20 Å². The number of nitrogen functional groups attached to an aromatic ring is 1. The van der Waals surface area contributed by atoms with Crippen LogP contribution in [-0.2, 0) is 11.3 Å². The molecule has 0 aliphatic heterocycles. The molecule has 3 N–H and O–H groups in total. The maximum Gasteiger partial charge on any atom is 0.344 e. The van der Waals surface area contributed by atoms with Gasteiger partial charge in [-0.25, -0.2) is 9.78 Å². The number of pyridine rings is 1. The summed E-state index contributed by atoms with van der Waals surface area (Å²) in [5.74, 6) is -0.487. The summed E-state index contributed by atoms with van der Waals surface area (Å²) >= 11 is 0. The molecule has 0 amide bonds. The third-order valence-corrected chi connectivity index (χ3v) is 3.63. The Morgan fingerprint density at radius 1 is 1.30 bits per heavy atom. The van der Waals surface area contributed by atoms with Crippen LogP contribution >= 0.6 is 0 Å². The molecule has 0 unspecified atom stereocenters. The fourth-order valence-electron chi connectivity index (χ4n) is 2.64. The first-order chi connectivity index (χ1) is 11.1. The van der Waals surface area contributed by atoms with Crippen LogP contribution in [0.4, 0.5) is 5.82 Å². The van der Waals surface area contributed by atoms with Gasteiger partial charge in [0.15, 0.2) is 0 Å². The van der Waals surface area contributed by atoms with Crippen LogP contribution in [0.5, 0.6) is 5.88 Å². The zero-order valence-electron chi connectivity index (χ0n) is 12.7. The highest BCUT2D eigenvalue weighted by molar-refractivity contribution is 6.09. The Balaban J connectivity index is 2.21. The Hall–Kier alpha value is -3.02. The molecule has 0 saturated carbocycles. The van der Waals surface area contributed by atoms with Crippen molar-refractivity contribution in [2.75, 3.05) is 12.3 Å². The van der Waals surface area contributed by atoms with Crippen molar-refractivity contribution in [1.82, 2.24) is 9.55 Å². The fraction of sp³-hybridized carbons (Fsp3) is 0.176. The molecule has 23 heavy (non-hydrogen) atoms. The Kier molecular flexibility index (Phi) is 3.89. The molecular formula is C17H17N3O3. The Labute approximate surface area is 133 Å². The summed E-state index contributed by atoms with van der Waals surface area (Å²) in [5, 5.41) is 11.1. The molecule has 0 aliphatic carbocycles. The third-order valence-electron chi connectivity index (χ3n) is 3.63. The lowest BCUT2D eigenvalue weighted by Gasteiger charge is -2.08. The summed E-state index contributed by atoms with van der Waals surface area (Å²) < 4.78 is 6.63.